The lowest BCUT2D eigenvalue weighted by Crippen LogP contribution is -2.18. The first-order chi connectivity index (χ1) is 11.6. The number of amides is 1. The maximum atomic E-state index is 12.1. The summed E-state index contributed by atoms with van der Waals surface area (Å²) in [6.07, 6.45) is 1.93. The van der Waals surface area contributed by atoms with Crippen LogP contribution in [0, 0.1) is 6.92 Å². The van der Waals surface area contributed by atoms with Gasteiger partial charge >= 0.3 is 0 Å². The number of aromatic nitrogens is 2. The van der Waals surface area contributed by atoms with Crippen LogP contribution in [0.4, 0.5) is 5.82 Å². The monoisotopic (exact) mass is 325 g/mol. The highest BCUT2D eigenvalue weighted by Gasteiger charge is 2.19. The zero-order chi connectivity index (χ0) is 17.1. The van der Waals surface area contributed by atoms with Gasteiger partial charge in [0.2, 0.25) is 0 Å². The molecule has 1 aromatic carbocycles. The van der Waals surface area contributed by atoms with Gasteiger partial charge in [-0.3, -0.25) is 9.20 Å². The second kappa shape index (κ2) is 6.72. The summed E-state index contributed by atoms with van der Waals surface area (Å²) in [6, 6.07) is 11.5. The van der Waals surface area contributed by atoms with Gasteiger partial charge in [-0.05, 0) is 30.7 Å². The zero-order valence-electron chi connectivity index (χ0n) is 13.9. The van der Waals surface area contributed by atoms with Crippen molar-refractivity contribution in [3.05, 3.63) is 48.2 Å². The third kappa shape index (κ3) is 2.96. The normalized spacial score (nSPS) is 10.8. The smallest absolute Gasteiger partial charge is 0.251 e. The Labute approximate surface area is 140 Å². The molecule has 0 atom stereocenters. The van der Waals surface area contributed by atoms with Crippen molar-refractivity contribution in [2.75, 3.05) is 26.1 Å². The summed E-state index contributed by atoms with van der Waals surface area (Å²) in [4.78, 5) is 16.7. The molecule has 2 heterocycles. The number of para-hydroxylation sites is 1. The van der Waals surface area contributed by atoms with Crippen molar-refractivity contribution < 1.29 is 14.3 Å². The lowest BCUT2D eigenvalue weighted by Gasteiger charge is -2.10. The number of fused-ring (bicyclic) bond motifs is 1. The molecule has 0 saturated heterocycles. The van der Waals surface area contributed by atoms with Crippen LogP contribution in [0.25, 0.3) is 16.9 Å². The highest BCUT2D eigenvalue weighted by molar-refractivity contribution is 5.96. The van der Waals surface area contributed by atoms with Gasteiger partial charge in [-0.2, -0.15) is 0 Å². The highest BCUT2D eigenvalue weighted by Crippen LogP contribution is 2.35. The number of hydrogen-bond donors (Lipinski definition) is 1. The zero-order valence-corrected chi connectivity index (χ0v) is 13.9. The van der Waals surface area contributed by atoms with Crippen molar-refractivity contribution >= 4 is 17.4 Å². The van der Waals surface area contributed by atoms with E-state index in [0.29, 0.717) is 17.3 Å². The van der Waals surface area contributed by atoms with Gasteiger partial charge in [-0.25, -0.2) is 4.98 Å². The minimum absolute atomic E-state index is 0.0234. The summed E-state index contributed by atoms with van der Waals surface area (Å²) in [6.45, 7) is 1.97. The summed E-state index contributed by atoms with van der Waals surface area (Å²) in [5.41, 5.74) is 3.28. The third-order valence-corrected chi connectivity index (χ3v) is 3.66. The van der Waals surface area contributed by atoms with Crippen LogP contribution in [0.3, 0.4) is 0 Å². The average Bonchev–Trinajstić information content (AvgIpc) is 2.92. The molecule has 2 aromatic heterocycles. The molecule has 0 radical (unpaired) electrons. The number of carbonyl (C=O) groups is 1. The fourth-order valence-electron chi connectivity index (χ4n) is 2.60. The molecule has 0 aliphatic carbocycles. The van der Waals surface area contributed by atoms with Gasteiger partial charge in [0.05, 0.1) is 7.11 Å². The van der Waals surface area contributed by atoms with E-state index < -0.39 is 0 Å². The molecule has 24 heavy (non-hydrogen) atoms. The van der Waals surface area contributed by atoms with E-state index >= 15 is 0 Å². The van der Waals surface area contributed by atoms with Crippen LogP contribution in [0.2, 0.25) is 0 Å². The van der Waals surface area contributed by atoms with Crippen LogP contribution in [0.15, 0.2) is 42.6 Å². The van der Waals surface area contributed by atoms with Crippen molar-refractivity contribution in [3.8, 4) is 17.0 Å². The van der Waals surface area contributed by atoms with Gasteiger partial charge in [-0.15, -0.1) is 0 Å². The summed E-state index contributed by atoms with van der Waals surface area (Å²) in [5, 5.41) is 2.89. The number of aryl methyl sites for hydroxylation is 1. The molecule has 0 unspecified atom stereocenters. The maximum absolute atomic E-state index is 12.1. The second-order valence-electron chi connectivity index (χ2n) is 5.43. The molecule has 0 fully saturated rings. The Kier molecular flexibility index (Phi) is 4.48. The van der Waals surface area contributed by atoms with Crippen LogP contribution in [-0.4, -0.2) is 36.1 Å². The Morgan fingerprint density at radius 1 is 1.21 bits per heavy atom. The van der Waals surface area contributed by atoms with Crippen molar-refractivity contribution in [1.29, 1.82) is 0 Å². The van der Waals surface area contributed by atoms with Gasteiger partial charge in [0, 0.05) is 18.9 Å². The Morgan fingerprint density at radius 3 is 2.75 bits per heavy atom. The molecule has 0 aliphatic rings. The third-order valence-electron chi connectivity index (χ3n) is 3.66. The van der Waals surface area contributed by atoms with Crippen LogP contribution < -0.4 is 10.1 Å². The minimum atomic E-state index is -0.239. The molecule has 3 rings (SSSR count). The lowest BCUT2D eigenvalue weighted by molar-refractivity contribution is -0.119. The van der Waals surface area contributed by atoms with Crippen molar-refractivity contribution in [1.82, 2.24) is 9.38 Å². The van der Waals surface area contributed by atoms with Crippen LogP contribution >= 0.6 is 0 Å². The first kappa shape index (κ1) is 16.0. The summed E-state index contributed by atoms with van der Waals surface area (Å²) >= 11 is 0. The molecule has 124 valence electrons. The molecule has 0 spiro atoms. The molecule has 6 nitrogen and oxygen atoms in total. The van der Waals surface area contributed by atoms with Crippen LogP contribution in [0.1, 0.15) is 5.56 Å². The minimum Gasteiger partial charge on any atom is -0.496 e. The molecular formula is C18H19N3O3. The largest absolute Gasteiger partial charge is 0.496 e. The summed E-state index contributed by atoms with van der Waals surface area (Å²) in [7, 11) is 3.10. The standard InChI is InChI=1S/C18H19N3O3/c1-12-8-9-15-19-17(13-6-4-5-7-14(13)24-3)18(21(15)10-12)20-16(22)11-23-2/h4-10H,11H2,1-3H3,(H,20,22). The predicted octanol–water partition coefficient (Wildman–Crippen LogP) is 2.90. The maximum Gasteiger partial charge on any atom is 0.251 e. The van der Waals surface area contributed by atoms with Gasteiger partial charge in [0.25, 0.3) is 5.91 Å². The fourth-order valence-corrected chi connectivity index (χ4v) is 2.60. The van der Waals surface area contributed by atoms with E-state index in [1.165, 1.54) is 7.11 Å². The number of ether oxygens (including phenoxy) is 2. The second-order valence-corrected chi connectivity index (χ2v) is 5.43. The molecule has 1 amide bonds. The number of nitrogens with one attached hydrogen (secondary N) is 1. The lowest BCUT2D eigenvalue weighted by atomic mass is 10.1. The summed E-state index contributed by atoms with van der Waals surface area (Å²) in [5.74, 6) is 1.05. The number of nitrogens with zero attached hydrogens (tertiary/aromatic N) is 2. The first-order valence-corrected chi connectivity index (χ1v) is 7.55. The quantitative estimate of drug-likeness (QED) is 0.783. The Morgan fingerprint density at radius 2 is 2.00 bits per heavy atom. The van der Waals surface area contributed by atoms with Crippen molar-refractivity contribution in [2.45, 2.75) is 6.92 Å². The van der Waals surface area contributed by atoms with E-state index in [1.54, 1.807) is 7.11 Å². The van der Waals surface area contributed by atoms with E-state index in [9.17, 15) is 4.79 Å². The number of carbonyl (C=O) groups excluding carboxylic acids is 1. The van der Waals surface area contributed by atoms with Crippen LogP contribution in [-0.2, 0) is 9.53 Å². The van der Waals surface area contributed by atoms with E-state index in [0.717, 1.165) is 16.8 Å². The highest BCUT2D eigenvalue weighted by atomic mass is 16.5. The number of methoxy groups -OCH3 is 2. The SMILES string of the molecule is COCC(=O)Nc1c(-c2ccccc2OC)nc2ccc(C)cn12. The number of imidazole rings is 1. The van der Waals surface area contributed by atoms with E-state index in [2.05, 4.69) is 10.3 Å². The van der Waals surface area contributed by atoms with Gasteiger partial charge in [0.1, 0.15) is 29.5 Å². The molecule has 0 aliphatic heterocycles. The van der Waals surface area contributed by atoms with Crippen LogP contribution in [0.5, 0.6) is 5.75 Å². The molecule has 6 heteroatoms. The molecule has 0 saturated carbocycles. The van der Waals surface area contributed by atoms with Gasteiger partial charge in [-0.1, -0.05) is 18.2 Å². The molecular weight excluding hydrogens is 306 g/mol. The predicted molar refractivity (Wildman–Crippen MR) is 92.4 cm³/mol. The van der Waals surface area contributed by atoms with Crippen molar-refractivity contribution in [2.24, 2.45) is 0 Å². The fraction of sp³-hybridized carbons (Fsp3) is 0.222. The number of hydrogen-bond acceptors (Lipinski definition) is 4. The van der Waals surface area contributed by atoms with Gasteiger partial charge < -0.3 is 14.8 Å². The van der Waals surface area contributed by atoms with E-state index in [4.69, 9.17) is 9.47 Å². The Hall–Kier alpha value is -2.86. The summed E-state index contributed by atoms with van der Waals surface area (Å²) < 4.78 is 12.2. The first-order valence-electron chi connectivity index (χ1n) is 7.55. The number of rotatable bonds is 5. The Balaban J connectivity index is 2.21. The van der Waals surface area contributed by atoms with E-state index in [-0.39, 0.29) is 12.5 Å². The molecule has 0 bridgehead atoms. The number of pyridine rings is 1. The molecule has 1 N–H and O–H groups in total. The number of benzene rings is 1. The number of anilines is 1. The topological polar surface area (TPSA) is 64.9 Å². The molecule has 3 aromatic rings. The Bertz CT molecular complexity index is 886. The average molecular weight is 325 g/mol. The van der Waals surface area contributed by atoms with Gasteiger partial charge in [0.15, 0.2) is 0 Å². The van der Waals surface area contributed by atoms with E-state index in [1.807, 2.05) is 53.9 Å². The van der Waals surface area contributed by atoms with Crippen molar-refractivity contribution in [3.63, 3.8) is 0 Å².